The van der Waals surface area contributed by atoms with Crippen LogP contribution in [0.4, 0.5) is 0 Å². The number of ether oxygens (including phenoxy) is 2. The number of halogens is 1. The highest BCUT2D eigenvalue weighted by molar-refractivity contribution is 6.30. The number of amides is 2. The Morgan fingerprint density at radius 1 is 1.36 bits per heavy atom. The zero-order valence-electron chi connectivity index (χ0n) is 15.6. The average Bonchev–Trinajstić information content (AvgIpc) is 3.05. The molecule has 3 rings (SSSR count). The molecule has 0 saturated carbocycles. The van der Waals surface area contributed by atoms with Crippen LogP contribution in [0.5, 0.6) is 5.75 Å². The van der Waals surface area contributed by atoms with Gasteiger partial charge in [0.05, 0.1) is 25.8 Å². The van der Waals surface area contributed by atoms with Crippen LogP contribution in [-0.4, -0.2) is 58.4 Å². The highest BCUT2D eigenvalue weighted by Gasteiger charge is 2.41. The first-order chi connectivity index (χ1) is 13.3. The minimum atomic E-state index is -1.00. The number of carbonyl (C=O) groups is 2. The second-order valence-electron chi connectivity index (χ2n) is 6.95. The molecule has 2 aromatic rings. The van der Waals surface area contributed by atoms with E-state index in [1.165, 1.54) is 0 Å². The Labute approximate surface area is 168 Å². The Morgan fingerprint density at radius 2 is 2.11 bits per heavy atom. The number of rotatable bonds is 7. The van der Waals surface area contributed by atoms with Gasteiger partial charge in [0.25, 0.3) is 0 Å². The number of carbonyl (C=O) groups excluding carboxylic acids is 2. The van der Waals surface area contributed by atoms with Gasteiger partial charge >= 0.3 is 0 Å². The number of hydrogen-bond acceptors (Lipinski definition) is 5. The minimum absolute atomic E-state index is 0.0503. The summed E-state index contributed by atoms with van der Waals surface area (Å²) in [5.74, 6) is -0.0317. The van der Waals surface area contributed by atoms with E-state index in [1.54, 1.807) is 46.2 Å². The van der Waals surface area contributed by atoms with E-state index in [2.05, 4.69) is 5.10 Å². The molecule has 8 nitrogen and oxygen atoms in total. The Hall–Kier alpha value is -2.58. The monoisotopic (exact) mass is 406 g/mol. The van der Waals surface area contributed by atoms with Crippen molar-refractivity contribution in [1.82, 2.24) is 14.7 Å². The summed E-state index contributed by atoms with van der Waals surface area (Å²) in [6, 6.07) is 6.88. The van der Waals surface area contributed by atoms with Crippen LogP contribution < -0.4 is 10.5 Å². The molecule has 150 valence electrons. The van der Waals surface area contributed by atoms with E-state index in [0.29, 0.717) is 23.9 Å². The van der Waals surface area contributed by atoms with E-state index in [0.717, 1.165) is 5.56 Å². The third-order valence-electron chi connectivity index (χ3n) is 4.47. The lowest BCUT2D eigenvalue weighted by atomic mass is 9.97. The molecule has 2 heterocycles. The van der Waals surface area contributed by atoms with Crippen LogP contribution in [0.25, 0.3) is 0 Å². The lowest BCUT2D eigenvalue weighted by molar-refractivity contribution is -0.162. The largest absolute Gasteiger partial charge is 0.490 e. The summed E-state index contributed by atoms with van der Waals surface area (Å²) in [6.45, 7) is 3.06. The Balaban J connectivity index is 1.69. The normalized spacial score (nSPS) is 19.4. The maximum atomic E-state index is 12.7. The molecule has 1 aliphatic heterocycles. The predicted octanol–water partition coefficient (Wildman–Crippen LogP) is 1.40. The van der Waals surface area contributed by atoms with Gasteiger partial charge in [0.2, 0.25) is 11.8 Å². The maximum absolute atomic E-state index is 12.7. The average molecular weight is 407 g/mol. The van der Waals surface area contributed by atoms with Crippen LogP contribution in [0, 0.1) is 6.92 Å². The number of nitrogens with zero attached hydrogens (tertiary/aromatic N) is 3. The van der Waals surface area contributed by atoms with Crippen molar-refractivity contribution in [2.75, 3.05) is 26.3 Å². The molecule has 0 bridgehead atoms. The number of benzene rings is 1. The molecule has 0 unspecified atom stereocenters. The van der Waals surface area contributed by atoms with Gasteiger partial charge in [-0.25, -0.2) is 0 Å². The van der Waals surface area contributed by atoms with Crippen LogP contribution >= 0.6 is 11.6 Å². The standard InChI is InChI=1S/C19H23ClN4O4/c1-14-9-22-24(10-14)11-18(26)23-6-7-28-19(12-23,8-17(21)25)13-27-16-4-2-15(20)3-5-16/h2-5,9-10H,6-8,11-13H2,1H3,(H2,21,25)/t19-/m0/s1. The van der Waals surface area contributed by atoms with Crippen molar-refractivity contribution in [1.29, 1.82) is 0 Å². The second-order valence-corrected chi connectivity index (χ2v) is 7.38. The van der Waals surface area contributed by atoms with Crippen molar-refractivity contribution in [2.45, 2.75) is 25.5 Å². The van der Waals surface area contributed by atoms with Crippen molar-refractivity contribution in [3.63, 3.8) is 0 Å². The first-order valence-electron chi connectivity index (χ1n) is 8.93. The van der Waals surface area contributed by atoms with Gasteiger partial charge in [-0.05, 0) is 36.8 Å². The Morgan fingerprint density at radius 3 is 2.75 bits per heavy atom. The quantitative estimate of drug-likeness (QED) is 0.749. The first-order valence-corrected chi connectivity index (χ1v) is 9.30. The Bertz CT molecular complexity index is 839. The van der Waals surface area contributed by atoms with E-state index >= 15 is 0 Å². The van der Waals surface area contributed by atoms with Crippen molar-refractivity contribution in [3.05, 3.63) is 47.2 Å². The minimum Gasteiger partial charge on any atom is -0.490 e. The SMILES string of the molecule is Cc1cnn(CC(=O)N2CCO[C@@](COc3ccc(Cl)cc3)(CC(N)=O)C2)c1. The summed E-state index contributed by atoms with van der Waals surface area (Å²) in [5, 5.41) is 4.74. The number of aryl methyl sites for hydroxylation is 1. The molecular formula is C19H23ClN4O4. The van der Waals surface area contributed by atoms with Crippen LogP contribution in [0.15, 0.2) is 36.7 Å². The fraction of sp³-hybridized carbons (Fsp3) is 0.421. The molecule has 28 heavy (non-hydrogen) atoms. The van der Waals surface area contributed by atoms with Gasteiger partial charge < -0.3 is 20.1 Å². The van der Waals surface area contributed by atoms with E-state index in [4.69, 9.17) is 26.8 Å². The van der Waals surface area contributed by atoms with E-state index in [1.807, 2.05) is 6.92 Å². The molecule has 1 aromatic carbocycles. The maximum Gasteiger partial charge on any atom is 0.244 e. The van der Waals surface area contributed by atoms with Gasteiger partial charge in [0, 0.05) is 17.8 Å². The number of nitrogens with two attached hydrogens (primary N) is 1. The van der Waals surface area contributed by atoms with Gasteiger partial charge in [0.1, 0.15) is 24.5 Å². The molecular weight excluding hydrogens is 384 g/mol. The smallest absolute Gasteiger partial charge is 0.244 e. The molecule has 1 aliphatic rings. The zero-order chi connectivity index (χ0) is 20.1. The molecule has 1 saturated heterocycles. The van der Waals surface area contributed by atoms with Crippen LogP contribution in [-0.2, 0) is 20.9 Å². The summed E-state index contributed by atoms with van der Waals surface area (Å²) in [7, 11) is 0. The third-order valence-corrected chi connectivity index (χ3v) is 4.72. The summed E-state index contributed by atoms with van der Waals surface area (Å²) < 4.78 is 13.3. The number of primary amides is 1. The third kappa shape index (κ3) is 5.24. The van der Waals surface area contributed by atoms with Crippen LogP contribution in [0.1, 0.15) is 12.0 Å². The summed E-state index contributed by atoms with van der Waals surface area (Å²) in [6.07, 6.45) is 3.45. The fourth-order valence-electron chi connectivity index (χ4n) is 3.16. The molecule has 2 amide bonds. The lowest BCUT2D eigenvalue weighted by Gasteiger charge is -2.42. The van der Waals surface area contributed by atoms with Crippen LogP contribution in [0.2, 0.25) is 5.02 Å². The van der Waals surface area contributed by atoms with Gasteiger partial charge in [-0.2, -0.15) is 5.10 Å². The first kappa shape index (κ1) is 20.2. The second kappa shape index (κ2) is 8.62. The highest BCUT2D eigenvalue weighted by Crippen LogP contribution is 2.25. The van der Waals surface area contributed by atoms with Crippen LogP contribution in [0.3, 0.4) is 0 Å². The molecule has 0 aliphatic carbocycles. The lowest BCUT2D eigenvalue weighted by Crippen LogP contribution is -2.58. The number of hydrogen-bond donors (Lipinski definition) is 1. The number of aromatic nitrogens is 2. The Kier molecular flexibility index (Phi) is 6.21. The fourth-order valence-corrected chi connectivity index (χ4v) is 3.28. The molecule has 9 heteroatoms. The molecule has 2 N–H and O–H groups in total. The van der Waals surface area contributed by atoms with E-state index in [9.17, 15) is 9.59 Å². The predicted molar refractivity (Wildman–Crippen MR) is 103 cm³/mol. The van der Waals surface area contributed by atoms with Crippen molar-refractivity contribution >= 4 is 23.4 Å². The molecule has 0 spiro atoms. The zero-order valence-corrected chi connectivity index (χ0v) is 16.4. The topological polar surface area (TPSA) is 99.7 Å². The number of morpholine rings is 1. The van der Waals surface area contributed by atoms with Gasteiger partial charge in [-0.1, -0.05) is 11.6 Å². The summed E-state index contributed by atoms with van der Waals surface area (Å²) in [5.41, 5.74) is 5.42. The van der Waals surface area contributed by atoms with Gasteiger partial charge in [-0.3, -0.25) is 14.3 Å². The van der Waals surface area contributed by atoms with Crippen molar-refractivity contribution < 1.29 is 19.1 Å². The van der Waals surface area contributed by atoms with Gasteiger partial charge in [-0.15, -0.1) is 0 Å². The van der Waals surface area contributed by atoms with Gasteiger partial charge in [0.15, 0.2) is 0 Å². The summed E-state index contributed by atoms with van der Waals surface area (Å²) >= 11 is 5.89. The highest BCUT2D eigenvalue weighted by atomic mass is 35.5. The van der Waals surface area contributed by atoms with Crippen molar-refractivity contribution in [2.24, 2.45) is 5.73 Å². The molecule has 1 aromatic heterocycles. The summed E-state index contributed by atoms with van der Waals surface area (Å²) in [4.78, 5) is 26.0. The molecule has 1 atom stereocenters. The molecule has 1 fully saturated rings. The van der Waals surface area contributed by atoms with E-state index < -0.39 is 11.5 Å². The molecule has 0 radical (unpaired) electrons. The van der Waals surface area contributed by atoms with Crippen molar-refractivity contribution in [3.8, 4) is 5.75 Å². The van der Waals surface area contributed by atoms with E-state index in [-0.39, 0.29) is 32.0 Å².